The Labute approximate surface area is 186 Å². The second kappa shape index (κ2) is 9.14. The summed E-state index contributed by atoms with van der Waals surface area (Å²) in [4.78, 5) is 23.7. The highest BCUT2D eigenvalue weighted by Crippen LogP contribution is 2.45. The molecule has 0 bridgehead atoms. The Balaban J connectivity index is 1.68. The van der Waals surface area contributed by atoms with Crippen LogP contribution in [0.5, 0.6) is 17.2 Å². The predicted octanol–water partition coefficient (Wildman–Crippen LogP) is 5.21. The molecule has 0 N–H and O–H groups in total. The van der Waals surface area contributed by atoms with E-state index in [1.165, 1.54) is 0 Å². The van der Waals surface area contributed by atoms with Crippen LogP contribution in [-0.2, 0) is 18.0 Å². The molecule has 0 amide bonds. The van der Waals surface area contributed by atoms with Crippen LogP contribution >= 0.6 is 0 Å². The van der Waals surface area contributed by atoms with Crippen LogP contribution in [0.15, 0.2) is 54.6 Å². The number of cyclic esters (lactones) is 1. The van der Waals surface area contributed by atoms with E-state index in [1.807, 2.05) is 55.5 Å². The molecule has 1 aliphatic rings. The summed E-state index contributed by atoms with van der Waals surface area (Å²) in [7, 11) is 3.14. The van der Waals surface area contributed by atoms with Crippen molar-refractivity contribution in [2.45, 2.75) is 26.6 Å². The molecule has 3 aromatic carbocycles. The van der Waals surface area contributed by atoms with Crippen LogP contribution in [0.4, 0.5) is 0 Å². The van der Waals surface area contributed by atoms with E-state index in [9.17, 15) is 9.59 Å². The maximum atomic E-state index is 11.9. The molecule has 32 heavy (non-hydrogen) atoms. The van der Waals surface area contributed by atoms with Gasteiger partial charge in [-0.3, -0.25) is 4.79 Å². The first-order valence-electron chi connectivity index (χ1n) is 10.4. The lowest BCUT2D eigenvalue weighted by molar-refractivity contribution is 0.0535. The number of rotatable bonds is 8. The molecule has 0 unspecified atom stereocenters. The molecule has 6 heteroatoms. The van der Waals surface area contributed by atoms with Gasteiger partial charge in [-0.15, -0.1) is 0 Å². The number of carbonyl (C=O) groups excluding carboxylic acids is 2. The number of esters is 1. The van der Waals surface area contributed by atoms with Gasteiger partial charge in [0.1, 0.15) is 13.2 Å². The highest BCUT2D eigenvalue weighted by Gasteiger charge is 2.23. The first-order chi connectivity index (χ1) is 15.5. The molecular formula is C26H24O6. The van der Waals surface area contributed by atoms with Crippen molar-refractivity contribution in [3.63, 3.8) is 0 Å². The second-order valence-corrected chi connectivity index (χ2v) is 7.39. The molecule has 0 saturated heterocycles. The number of methoxy groups -OCH3 is 2. The SMILES string of the molecule is CCC(=O)c1ccc(COc2c(-c3ccc4c(c3)COC4=O)ccc(OC)c2OC)cc1. The summed E-state index contributed by atoms with van der Waals surface area (Å²) in [5.41, 5.74) is 4.71. The fraction of sp³-hybridized carbons (Fsp3) is 0.231. The lowest BCUT2D eigenvalue weighted by Gasteiger charge is -2.18. The molecule has 4 rings (SSSR count). The zero-order valence-electron chi connectivity index (χ0n) is 18.3. The first kappa shape index (κ1) is 21.4. The third-order valence-corrected chi connectivity index (χ3v) is 5.48. The van der Waals surface area contributed by atoms with Crippen molar-refractivity contribution in [2.75, 3.05) is 14.2 Å². The zero-order chi connectivity index (χ0) is 22.7. The third kappa shape index (κ3) is 4.04. The van der Waals surface area contributed by atoms with Crippen LogP contribution in [-0.4, -0.2) is 26.0 Å². The molecule has 0 atom stereocenters. The van der Waals surface area contributed by atoms with Gasteiger partial charge >= 0.3 is 5.97 Å². The first-order valence-corrected chi connectivity index (χ1v) is 10.4. The van der Waals surface area contributed by atoms with Gasteiger partial charge in [0.05, 0.1) is 19.8 Å². The summed E-state index contributed by atoms with van der Waals surface area (Å²) in [6.45, 7) is 2.38. The van der Waals surface area contributed by atoms with E-state index in [1.54, 1.807) is 20.3 Å². The van der Waals surface area contributed by atoms with E-state index in [0.717, 1.165) is 22.3 Å². The summed E-state index contributed by atoms with van der Waals surface area (Å²) in [5.74, 6) is 1.37. The van der Waals surface area contributed by atoms with Gasteiger partial charge in [-0.1, -0.05) is 37.3 Å². The summed E-state index contributed by atoms with van der Waals surface area (Å²) in [5, 5.41) is 0. The van der Waals surface area contributed by atoms with Crippen LogP contribution in [0.25, 0.3) is 11.1 Å². The number of hydrogen-bond donors (Lipinski definition) is 0. The van der Waals surface area contributed by atoms with Crippen molar-refractivity contribution in [3.8, 4) is 28.4 Å². The predicted molar refractivity (Wildman–Crippen MR) is 119 cm³/mol. The molecule has 0 aliphatic carbocycles. The Morgan fingerprint density at radius 3 is 2.38 bits per heavy atom. The Morgan fingerprint density at radius 2 is 1.69 bits per heavy atom. The lowest BCUT2D eigenvalue weighted by atomic mass is 9.99. The Bertz CT molecular complexity index is 1160. The van der Waals surface area contributed by atoms with Gasteiger partial charge in [0.15, 0.2) is 17.3 Å². The summed E-state index contributed by atoms with van der Waals surface area (Å²) < 4.78 is 22.4. The normalized spacial score (nSPS) is 12.2. The van der Waals surface area contributed by atoms with E-state index >= 15 is 0 Å². The van der Waals surface area contributed by atoms with Gasteiger partial charge in [-0.2, -0.15) is 0 Å². The van der Waals surface area contributed by atoms with Crippen molar-refractivity contribution in [1.29, 1.82) is 0 Å². The quantitative estimate of drug-likeness (QED) is 0.359. The van der Waals surface area contributed by atoms with Crippen LogP contribution < -0.4 is 14.2 Å². The fourth-order valence-electron chi connectivity index (χ4n) is 3.72. The van der Waals surface area contributed by atoms with Crippen LogP contribution in [0.1, 0.15) is 45.2 Å². The second-order valence-electron chi connectivity index (χ2n) is 7.39. The number of fused-ring (bicyclic) bond motifs is 1. The molecule has 0 saturated carbocycles. The van der Waals surface area contributed by atoms with Gasteiger partial charge < -0.3 is 18.9 Å². The van der Waals surface area contributed by atoms with E-state index in [0.29, 0.717) is 34.8 Å². The average Bonchev–Trinajstić information content (AvgIpc) is 3.21. The Morgan fingerprint density at radius 1 is 0.938 bits per heavy atom. The summed E-state index contributed by atoms with van der Waals surface area (Å²) in [6.07, 6.45) is 0.470. The Kier molecular flexibility index (Phi) is 6.12. The molecule has 0 aromatic heterocycles. The van der Waals surface area contributed by atoms with Gasteiger partial charge in [0, 0.05) is 23.1 Å². The van der Waals surface area contributed by atoms with Gasteiger partial charge in [0.25, 0.3) is 0 Å². The molecule has 1 aliphatic heterocycles. The van der Waals surface area contributed by atoms with Crippen molar-refractivity contribution in [1.82, 2.24) is 0 Å². The lowest BCUT2D eigenvalue weighted by Crippen LogP contribution is -2.02. The number of Topliss-reactive ketones (excluding diaryl/α,β-unsaturated/α-hetero) is 1. The van der Waals surface area contributed by atoms with E-state index in [2.05, 4.69) is 0 Å². The maximum Gasteiger partial charge on any atom is 0.338 e. The summed E-state index contributed by atoms with van der Waals surface area (Å²) >= 11 is 0. The average molecular weight is 432 g/mol. The molecule has 1 heterocycles. The minimum Gasteiger partial charge on any atom is -0.493 e. The highest BCUT2D eigenvalue weighted by atomic mass is 16.5. The number of ketones is 1. The monoisotopic (exact) mass is 432 g/mol. The fourth-order valence-corrected chi connectivity index (χ4v) is 3.72. The van der Waals surface area contributed by atoms with Crippen molar-refractivity contribution >= 4 is 11.8 Å². The van der Waals surface area contributed by atoms with E-state index in [-0.39, 0.29) is 25.0 Å². The van der Waals surface area contributed by atoms with E-state index in [4.69, 9.17) is 18.9 Å². The highest BCUT2D eigenvalue weighted by molar-refractivity contribution is 5.96. The van der Waals surface area contributed by atoms with Crippen LogP contribution in [0, 0.1) is 0 Å². The number of benzene rings is 3. The van der Waals surface area contributed by atoms with Crippen molar-refractivity contribution in [3.05, 3.63) is 76.9 Å². The topological polar surface area (TPSA) is 71.1 Å². The largest absolute Gasteiger partial charge is 0.493 e. The molecule has 6 nitrogen and oxygen atoms in total. The van der Waals surface area contributed by atoms with Gasteiger partial charge in [0.2, 0.25) is 5.75 Å². The smallest absolute Gasteiger partial charge is 0.338 e. The van der Waals surface area contributed by atoms with Crippen LogP contribution in [0.3, 0.4) is 0 Å². The van der Waals surface area contributed by atoms with Crippen molar-refractivity contribution in [2.24, 2.45) is 0 Å². The molecular weight excluding hydrogens is 408 g/mol. The standard InChI is InChI=1S/C26H24O6/c1-4-22(27)17-7-5-16(6-8-17)14-31-24-20(11-12-23(29-2)25(24)30-3)18-9-10-21-19(13-18)15-32-26(21)28/h5-13H,4,14-15H2,1-3H3. The minimum atomic E-state index is -0.305. The molecule has 0 spiro atoms. The van der Waals surface area contributed by atoms with Gasteiger partial charge in [-0.25, -0.2) is 4.79 Å². The molecule has 0 radical (unpaired) electrons. The number of hydrogen-bond acceptors (Lipinski definition) is 6. The van der Waals surface area contributed by atoms with E-state index < -0.39 is 0 Å². The zero-order valence-corrected chi connectivity index (χ0v) is 18.3. The summed E-state index contributed by atoms with van der Waals surface area (Å²) in [6, 6.07) is 16.7. The molecule has 164 valence electrons. The van der Waals surface area contributed by atoms with Crippen molar-refractivity contribution < 1.29 is 28.5 Å². The maximum absolute atomic E-state index is 11.9. The molecule has 0 fully saturated rings. The van der Waals surface area contributed by atoms with Crippen LogP contribution in [0.2, 0.25) is 0 Å². The van der Waals surface area contributed by atoms with Gasteiger partial charge in [-0.05, 0) is 35.4 Å². The molecule has 3 aromatic rings. The minimum absolute atomic E-state index is 0.105. The third-order valence-electron chi connectivity index (χ3n) is 5.48. The number of ether oxygens (including phenoxy) is 4. The number of carbonyl (C=O) groups is 2. The Hall–Kier alpha value is -3.80.